The first-order chi connectivity index (χ1) is 8.15. The molecule has 1 heterocycles. The summed E-state index contributed by atoms with van der Waals surface area (Å²) in [4.78, 5) is 0. The van der Waals surface area contributed by atoms with Crippen molar-refractivity contribution in [2.75, 3.05) is 0 Å². The number of fused-ring (bicyclic) bond motifs is 1. The van der Waals surface area contributed by atoms with Crippen LogP contribution in [0, 0.1) is 5.41 Å². The molecule has 0 bridgehead atoms. The minimum atomic E-state index is 0.0726. The lowest BCUT2D eigenvalue weighted by Gasteiger charge is -2.17. The first-order valence-corrected chi connectivity index (χ1v) is 6.68. The number of benzene rings is 1. The van der Waals surface area contributed by atoms with Crippen molar-refractivity contribution in [1.29, 1.82) is 0 Å². The summed E-state index contributed by atoms with van der Waals surface area (Å²) in [7, 11) is 0. The third-order valence-electron chi connectivity index (χ3n) is 3.05. The van der Waals surface area contributed by atoms with Gasteiger partial charge in [-0.1, -0.05) is 47.6 Å². The fourth-order valence-corrected chi connectivity index (χ4v) is 2.18. The van der Waals surface area contributed by atoms with E-state index >= 15 is 0 Å². The summed E-state index contributed by atoms with van der Waals surface area (Å²) in [6.07, 6.45) is 1.10. The van der Waals surface area contributed by atoms with Crippen molar-refractivity contribution in [3.05, 3.63) is 35.6 Å². The minimum absolute atomic E-state index is 0.0726. The topological polar surface area (TPSA) is 13.1 Å². The van der Waals surface area contributed by atoms with Gasteiger partial charge in [0.15, 0.2) is 0 Å². The van der Waals surface area contributed by atoms with Gasteiger partial charge in [0.05, 0.1) is 0 Å². The summed E-state index contributed by atoms with van der Waals surface area (Å²) < 4.78 is 5.92. The van der Waals surface area contributed by atoms with Gasteiger partial charge in [-0.15, -0.1) is 0 Å². The van der Waals surface area contributed by atoms with E-state index in [0.717, 1.165) is 17.8 Å². The molecular weight excluding hydrogens is 220 g/mol. The highest BCUT2D eigenvalue weighted by Crippen LogP contribution is 2.30. The second-order valence-corrected chi connectivity index (χ2v) is 7.47. The average Bonchev–Trinajstić information content (AvgIpc) is 2.57. The van der Waals surface area contributed by atoms with Crippen molar-refractivity contribution in [3.8, 4) is 0 Å². The highest BCUT2D eigenvalue weighted by Gasteiger charge is 2.19. The first kappa shape index (κ1) is 13.2. The molecule has 0 aliphatic heterocycles. The molecule has 18 heavy (non-hydrogen) atoms. The summed E-state index contributed by atoms with van der Waals surface area (Å²) in [6, 6.07) is 8.73. The lowest BCUT2D eigenvalue weighted by molar-refractivity contribution is 0.411. The molecule has 2 aromatic rings. The molecule has 0 saturated heterocycles. The van der Waals surface area contributed by atoms with Gasteiger partial charge >= 0.3 is 0 Å². The molecule has 1 nitrogen and oxygen atoms in total. The smallest absolute Gasteiger partial charge is 0.134 e. The van der Waals surface area contributed by atoms with Gasteiger partial charge in [0, 0.05) is 10.8 Å². The summed E-state index contributed by atoms with van der Waals surface area (Å²) >= 11 is 0. The van der Waals surface area contributed by atoms with Crippen LogP contribution in [0.2, 0.25) is 0 Å². The van der Waals surface area contributed by atoms with Gasteiger partial charge in [0.1, 0.15) is 11.3 Å². The Hall–Kier alpha value is -1.24. The van der Waals surface area contributed by atoms with Crippen LogP contribution in [0.15, 0.2) is 28.7 Å². The van der Waals surface area contributed by atoms with Gasteiger partial charge in [-0.25, -0.2) is 0 Å². The molecule has 0 radical (unpaired) electrons. The summed E-state index contributed by atoms with van der Waals surface area (Å²) in [5, 5.41) is 1.22. The van der Waals surface area contributed by atoms with Crippen molar-refractivity contribution in [2.45, 2.75) is 53.4 Å². The molecule has 0 fully saturated rings. The number of hydrogen-bond donors (Lipinski definition) is 0. The van der Waals surface area contributed by atoms with E-state index in [9.17, 15) is 0 Å². The van der Waals surface area contributed by atoms with E-state index in [1.54, 1.807) is 0 Å². The predicted molar refractivity (Wildman–Crippen MR) is 78.1 cm³/mol. The van der Waals surface area contributed by atoms with Crippen LogP contribution in [-0.4, -0.2) is 0 Å². The Morgan fingerprint density at radius 1 is 0.944 bits per heavy atom. The second-order valence-electron chi connectivity index (χ2n) is 7.47. The molecule has 0 spiro atoms. The van der Waals surface area contributed by atoms with Crippen molar-refractivity contribution in [2.24, 2.45) is 5.41 Å². The zero-order valence-electron chi connectivity index (χ0n) is 12.4. The van der Waals surface area contributed by atoms with Crippen molar-refractivity contribution < 1.29 is 4.42 Å². The van der Waals surface area contributed by atoms with E-state index in [2.05, 4.69) is 65.8 Å². The predicted octanol–water partition coefficient (Wildman–Crippen LogP) is 5.32. The van der Waals surface area contributed by atoms with Crippen LogP contribution in [0.25, 0.3) is 11.0 Å². The van der Waals surface area contributed by atoms with Gasteiger partial charge in [0.25, 0.3) is 0 Å². The van der Waals surface area contributed by atoms with Gasteiger partial charge < -0.3 is 4.42 Å². The van der Waals surface area contributed by atoms with E-state index in [-0.39, 0.29) is 5.41 Å². The standard InChI is InChI=1S/C17H24O/c1-16(2,3)11-12-7-8-14-13(9-12)10-15(18-14)17(4,5)6/h7-10H,11H2,1-6H3. The third kappa shape index (κ3) is 2.95. The van der Waals surface area contributed by atoms with Gasteiger partial charge in [-0.2, -0.15) is 0 Å². The number of rotatable bonds is 1. The Labute approximate surface area is 110 Å². The quantitative estimate of drug-likeness (QED) is 0.661. The highest BCUT2D eigenvalue weighted by molar-refractivity contribution is 5.79. The molecule has 0 saturated carbocycles. The number of hydrogen-bond acceptors (Lipinski definition) is 1. The lowest BCUT2D eigenvalue weighted by atomic mass is 9.88. The molecule has 0 aliphatic rings. The average molecular weight is 244 g/mol. The molecule has 98 valence electrons. The van der Waals surface area contributed by atoms with Crippen LogP contribution >= 0.6 is 0 Å². The molecule has 1 aromatic carbocycles. The molecule has 0 N–H and O–H groups in total. The van der Waals surface area contributed by atoms with E-state index in [0.29, 0.717) is 5.41 Å². The SMILES string of the molecule is CC(C)(C)Cc1ccc2oc(C(C)(C)C)cc2c1. The largest absolute Gasteiger partial charge is 0.461 e. The minimum Gasteiger partial charge on any atom is -0.461 e. The Bertz CT molecular complexity index is 547. The van der Waals surface area contributed by atoms with Crippen LogP contribution in [-0.2, 0) is 11.8 Å². The first-order valence-electron chi connectivity index (χ1n) is 6.68. The van der Waals surface area contributed by atoms with E-state index < -0.39 is 0 Å². The normalized spacial score (nSPS) is 13.2. The number of furan rings is 1. The van der Waals surface area contributed by atoms with Crippen molar-refractivity contribution in [1.82, 2.24) is 0 Å². The van der Waals surface area contributed by atoms with Crippen LogP contribution in [0.5, 0.6) is 0 Å². The molecule has 0 atom stereocenters. The lowest BCUT2D eigenvalue weighted by Crippen LogP contribution is -2.09. The maximum absolute atomic E-state index is 5.92. The molecule has 0 unspecified atom stereocenters. The van der Waals surface area contributed by atoms with Gasteiger partial charge in [-0.05, 0) is 35.6 Å². The summed E-state index contributed by atoms with van der Waals surface area (Å²) in [5.41, 5.74) is 2.78. The maximum atomic E-state index is 5.92. The van der Waals surface area contributed by atoms with Gasteiger partial charge in [-0.3, -0.25) is 0 Å². The van der Waals surface area contributed by atoms with Crippen LogP contribution in [0.3, 0.4) is 0 Å². The van der Waals surface area contributed by atoms with Crippen LogP contribution in [0.4, 0.5) is 0 Å². The maximum Gasteiger partial charge on any atom is 0.134 e. The van der Waals surface area contributed by atoms with E-state index in [1.807, 2.05) is 0 Å². The van der Waals surface area contributed by atoms with E-state index in [4.69, 9.17) is 4.42 Å². The highest BCUT2D eigenvalue weighted by atomic mass is 16.3. The Morgan fingerprint density at radius 3 is 2.17 bits per heavy atom. The van der Waals surface area contributed by atoms with Crippen LogP contribution in [0.1, 0.15) is 52.9 Å². The van der Waals surface area contributed by atoms with Crippen LogP contribution < -0.4 is 0 Å². The Morgan fingerprint density at radius 2 is 1.61 bits per heavy atom. The molecular formula is C17H24O. The monoisotopic (exact) mass is 244 g/mol. The summed E-state index contributed by atoms with van der Waals surface area (Å²) in [6.45, 7) is 13.4. The zero-order valence-corrected chi connectivity index (χ0v) is 12.4. The molecule has 0 amide bonds. The molecule has 1 heteroatoms. The molecule has 1 aromatic heterocycles. The van der Waals surface area contributed by atoms with Gasteiger partial charge in [0.2, 0.25) is 0 Å². The fourth-order valence-electron chi connectivity index (χ4n) is 2.18. The molecule has 2 rings (SSSR count). The Kier molecular flexibility index (Phi) is 3.04. The summed E-state index contributed by atoms with van der Waals surface area (Å²) in [5.74, 6) is 1.06. The fraction of sp³-hybridized carbons (Fsp3) is 0.529. The van der Waals surface area contributed by atoms with E-state index in [1.165, 1.54) is 10.9 Å². The third-order valence-corrected chi connectivity index (χ3v) is 3.05. The Balaban J connectivity index is 2.40. The zero-order chi connectivity index (χ0) is 13.6. The molecule has 0 aliphatic carbocycles. The second kappa shape index (κ2) is 4.15. The van der Waals surface area contributed by atoms with Crippen molar-refractivity contribution in [3.63, 3.8) is 0 Å². The van der Waals surface area contributed by atoms with Crippen molar-refractivity contribution >= 4 is 11.0 Å².